The average molecular weight is 240 g/mol. The molecule has 1 heterocycles. The summed E-state index contributed by atoms with van der Waals surface area (Å²) in [6.07, 6.45) is 2.37. The van der Waals surface area contributed by atoms with Crippen LogP contribution < -0.4 is 0 Å². The van der Waals surface area contributed by atoms with Gasteiger partial charge in [-0.15, -0.1) is 0 Å². The first-order chi connectivity index (χ1) is 8.22. The molecule has 1 fully saturated rings. The number of hydrogen-bond donors (Lipinski definition) is 0. The largest absolute Gasteiger partial charge is 0.468 e. The Kier molecular flexibility index (Phi) is 5.95. The number of unbranched alkanes of at least 4 members (excludes halogenated alkanes) is 1. The SMILES string of the molecule is CCCCC(C(=O)OC)N1CCOC(C#N)C1. The lowest BCUT2D eigenvalue weighted by Gasteiger charge is -2.34. The molecule has 5 nitrogen and oxygen atoms in total. The molecule has 1 aliphatic heterocycles. The molecule has 17 heavy (non-hydrogen) atoms. The summed E-state index contributed by atoms with van der Waals surface area (Å²) in [6.45, 7) is 3.76. The van der Waals surface area contributed by atoms with Crippen molar-refractivity contribution in [1.82, 2.24) is 4.90 Å². The number of carbonyl (C=O) groups is 1. The number of methoxy groups -OCH3 is 1. The molecule has 2 atom stereocenters. The van der Waals surface area contributed by atoms with Gasteiger partial charge in [-0.3, -0.25) is 9.69 Å². The highest BCUT2D eigenvalue weighted by Gasteiger charge is 2.31. The summed E-state index contributed by atoms with van der Waals surface area (Å²) in [4.78, 5) is 13.7. The first kappa shape index (κ1) is 13.9. The van der Waals surface area contributed by atoms with Crippen molar-refractivity contribution in [3.63, 3.8) is 0 Å². The monoisotopic (exact) mass is 240 g/mol. The zero-order chi connectivity index (χ0) is 12.7. The van der Waals surface area contributed by atoms with Crippen LogP contribution in [0.2, 0.25) is 0 Å². The van der Waals surface area contributed by atoms with E-state index in [1.165, 1.54) is 7.11 Å². The molecule has 1 saturated heterocycles. The van der Waals surface area contributed by atoms with Gasteiger partial charge >= 0.3 is 5.97 Å². The van der Waals surface area contributed by atoms with Crippen LogP contribution in [0.3, 0.4) is 0 Å². The third-order valence-electron chi connectivity index (χ3n) is 2.99. The van der Waals surface area contributed by atoms with Crippen LogP contribution in [0.4, 0.5) is 0 Å². The van der Waals surface area contributed by atoms with Crippen LogP contribution in [-0.2, 0) is 14.3 Å². The topological polar surface area (TPSA) is 62.6 Å². The van der Waals surface area contributed by atoms with Crippen LogP contribution in [0.15, 0.2) is 0 Å². The molecule has 0 radical (unpaired) electrons. The molecule has 0 N–H and O–H groups in total. The smallest absolute Gasteiger partial charge is 0.323 e. The molecule has 0 aromatic heterocycles. The Labute approximate surface area is 102 Å². The van der Waals surface area contributed by atoms with Crippen molar-refractivity contribution in [2.45, 2.75) is 38.3 Å². The number of rotatable bonds is 5. The fourth-order valence-corrected chi connectivity index (χ4v) is 2.01. The Hall–Kier alpha value is -1.12. The van der Waals surface area contributed by atoms with Crippen LogP contribution in [0.1, 0.15) is 26.2 Å². The lowest BCUT2D eigenvalue weighted by Crippen LogP contribution is -2.50. The molecule has 0 aliphatic carbocycles. The van der Waals surface area contributed by atoms with Gasteiger partial charge in [0.15, 0.2) is 6.10 Å². The summed E-state index contributed by atoms with van der Waals surface area (Å²) in [5.41, 5.74) is 0. The second-order valence-electron chi connectivity index (χ2n) is 4.16. The maximum absolute atomic E-state index is 11.7. The molecule has 0 amide bonds. The van der Waals surface area contributed by atoms with Crippen molar-refractivity contribution in [1.29, 1.82) is 5.26 Å². The highest BCUT2D eigenvalue weighted by Crippen LogP contribution is 2.15. The summed E-state index contributed by atoms with van der Waals surface area (Å²) >= 11 is 0. The van der Waals surface area contributed by atoms with Gasteiger partial charge in [-0.2, -0.15) is 5.26 Å². The van der Waals surface area contributed by atoms with Gasteiger partial charge in [-0.1, -0.05) is 19.8 Å². The van der Waals surface area contributed by atoms with Crippen LogP contribution in [0.25, 0.3) is 0 Å². The standard InChI is InChI=1S/C12H20N2O3/c1-3-4-5-11(12(15)16-2)14-6-7-17-10(8-13)9-14/h10-11H,3-7,9H2,1-2H3. The maximum atomic E-state index is 11.7. The normalized spacial score (nSPS) is 22.8. The summed E-state index contributed by atoms with van der Waals surface area (Å²) < 4.78 is 10.1. The zero-order valence-electron chi connectivity index (χ0n) is 10.5. The van der Waals surface area contributed by atoms with Gasteiger partial charge < -0.3 is 9.47 Å². The Morgan fingerprint density at radius 3 is 3.06 bits per heavy atom. The van der Waals surface area contributed by atoms with Gasteiger partial charge in [-0.05, 0) is 6.42 Å². The van der Waals surface area contributed by atoms with Crippen LogP contribution in [-0.4, -0.2) is 49.8 Å². The lowest BCUT2D eigenvalue weighted by molar-refractivity contribution is -0.149. The minimum Gasteiger partial charge on any atom is -0.468 e. The van der Waals surface area contributed by atoms with E-state index in [0.29, 0.717) is 19.7 Å². The van der Waals surface area contributed by atoms with Crippen LogP contribution in [0.5, 0.6) is 0 Å². The summed E-state index contributed by atoms with van der Waals surface area (Å²) in [6, 6.07) is 1.85. The number of morpholine rings is 1. The Morgan fingerprint density at radius 2 is 2.47 bits per heavy atom. The molecule has 2 unspecified atom stereocenters. The van der Waals surface area contributed by atoms with Crippen molar-refractivity contribution in [2.24, 2.45) is 0 Å². The first-order valence-electron chi connectivity index (χ1n) is 6.06. The highest BCUT2D eigenvalue weighted by atomic mass is 16.5. The third-order valence-corrected chi connectivity index (χ3v) is 2.99. The number of ether oxygens (including phenoxy) is 2. The number of esters is 1. The fourth-order valence-electron chi connectivity index (χ4n) is 2.01. The van der Waals surface area contributed by atoms with Gasteiger partial charge in [0.25, 0.3) is 0 Å². The Morgan fingerprint density at radius 1 is 1.71 bits per heavy atom. The first-order valence-corrected chi connectivity index (χ1v) is 6.06. The molecule has 0 saturated carbocycles. The van der Waals surface area contributed by atoms with Gasteiger partial charge in [0.05, 0.1) is 19.8 Å². The summed E-state index contributed by atoms with van der Waals surface area (Å²) in [5, 5.41) is 8.84. The molecule has 0 aromatic carbocycles. The molecular formula is C12H20N2O3. The predicted molar refractivity (Wildman–Crippen MR) is 62.3 cm³/mol. The summed E-state index contributed by atoms with van der Waals surface area (Å²) in [7, 11) is 1.41. The van der Waals surface area contributed by atoms with E-state index in [4.69, 9.17) is 14.7 Å². The molecule has 1 aliphatic rings. The molecule has 0 aromatic rings. The van der Waals surface area contributed by atoms with E-state index in [9.17, 15) is 4.79 Å². The molecule has 96 valence electrons. The van der Waals surface area contributed by atoms with E-state index >= 15 is 0 Å². The van der Waals surface area contributed by atoms with E-state index in [0.717, 1.165) is 19.3 Å². The van der Waals surface area contributed by atoms with Crippen LogP contribution >= 0.6 is 0 Å². The molecule has 1 rings (SSSR count). The molecule has 0 bridgehead atoms. The number of hydrogen-bond acceptors (Lipinski definition) is 5. The van der Waals surface area contributed by atoms with Crippen molar-refractivity contribution in [3.05, 3.63) is 0 Å². The lowest BCUT2D eigenvalue weighted by atomic mass is 10.1. The van der Waals surface area contributed by atoms with Crippen molar-refractivity contribution in [2.75, 3.05) is 26.8 Å². The fraction of sp³-hybridized carbons (Fsp3) is 0.833. The van der Waals surface area contributed by atoms with E-state index in [1.54, 1.807) is 0 Å². The number of carbonyl (C=O) groups excluding carboxylic acids is 1. The zero-order valence-corrected chi connectivity index (χ0v) is 10.5. The predicted octanol–water partition coefficient (Wildman–Crippen LogP) is 0.943. The van der Waals surface area contributed by atoms with Crippen molar-refractivity contribution < 1.29 is 14.3 Å². The minimum atomic E-state index is -0.433. The van der Waals surface area contributed by atoms with Crippen molar-refractivity contribution in [3.8, 4) is 6.07 Å². The van der Waals surface area contributed by atoms with Gasteiger partial charge in [-0.25, -0.2) is 0 Å². The van der Waals surface area contributed by atoms with E-state index in [-0.39, 0.29) is 12.0 Å². The number of nitriles is 1. The van der Waals surface area contributed by atoms with E-state index < -0.39 is 6.10 Å². The van der Waals surface area contributed by atoms with E-state index in [2.05, 4.69) is 13.0 Å². The van der Waals surface area contributed by atoms with E-state index in [1.807, 2.05) is 4.90 Å². The van der Waals surface area contributed by atoms with Crippen molar-refractivity contribution >= 4 is 5.97 Å². The van der Waals surface area contributed by atoms with Gasteiger partial charge in [0.1, 0.15) is 6.04 Å². The number of nitrogens with zero attached hydrogens (tertiary/aromatic N) is 2. The molecule has 0 spiro atoms. The Balaban J connectivity index is 2.61. The third kappa shape index (κ3) is 3.99. The quantitative estimate of drug-likeness (QED) is 0.669. The Bertz CT molecular complexity index is 288. The second kappa shape index (κ2) is 7.25. The highest BCUT2D eigenvalue weighted by molar-refractivity contribution is 5.75. The van der Waals surface area contributed by atoms with Gasteiger partial charge in [0, 0.05) is 13.1 Å². The second-order valence-corrected chi connectivity index (χ2v) is 4.16. The average Bonchev–Trinajstić information content (AvgIpc) is 2.39. The van der Waals surface area contributed by atoms with Crippen LogP contribution in [0, 0.1) is 11.3 Å². The molecule has 5 heteroatoms. The molecular weight excluding hydrogens is 220 g/mol. The van der Waals surface area contributed by atoms with Gasteiger partial charge in [0.2, 0.25) is 0 Å². The maximum Gasteiger partial charge on any atom is 0.323 e. The summed E-state index contributed by atoms with van der Waals surface area (Å²) in [5.74, 6) is -0.211. The minimum absolute atomic E-state index is 0.211.